The van der Waals surface area contributed by atoms with Crippen molar-refractivity contribution in [3.63, 3.8) is 0 Å². The van der Waals surface area contributed by atoms with Gasteiger partial charge in [-0.2, -0.15) is 0 Å². The van der Waals surface area contributed by atoms with Crippen molar-refractivity contribution in [1.82, 2.24) is 24.8 Å². The van der Waals surface area contributed by atoms with E-state index in [0.29, 0.717) is 12.2 Å². The molecule has 6 N–H and O–H groups in total. The second kappa shape index (κ2) is 15.3. The van der Waals surface area contributed by atoms with Gasteiger partial charge < -0.3 is 31.4 Å². The van der Waals surface area contributed by atoms with Crippen molar-refractivity contribution in [3.8, 4) is 0 Å². The first-order valence-corrected chi connectivity index (χ1v) is 15.5. The topological polar surface area (TPSA) is 146 Å². The van der Waals surface area contributed by atoms with Gasteiger partial charge in [-0.25, -0.2) is 9.78 Å². The second-order valence-electron chi connectivity index (χ2n) is 11.7. The summed E-state index contributed by atoms with van der Waals surface area (Å²) in [7, 11) is 0. The largest absolute Gasteiger partial charge is 0.444 e. The van der Waals surface area contributed by atoms with Gasteiger partial charge in [-0.05, 0) is 65.1 Å². The molecule has 0 aliphatic carbocycles. The number of anilines is 2. The molecule has 0 unspecified atom stereocenters. The molecular formula is C34H46N8O2. The molecule has 0 bridgehead atoms. The highest BCUT2D eigenvalue weighted by Gasteiger charge is 2.15. The van der Waals surface area contributed by atoms with Crippen LogP contribution in [0, 0.1) is 0 Å². The molecule has 44 heavy (non-hydrogen) atoms. The average Bonchev–Trinajstić information content (AvgIpc) is 3.37. The number of rotatable bonds is 11. The molecule has 0 saturated heterocycles. The third-order valence-electron chi connectivity index (χ3n) is 7.09. The van der Waals surface area contributed by atoms with Crippen LogP contribution in [0.25, 0.3) is 32.8 Å². The molecule has 0 spiro atoms. The minimum Gasteiger partial charge on any atom is -0.444 e. The van der Waals surface area contributed by atoms with Gasteiger partial charge in [-0.3, -0.25) is 9.97 Å². The molecule has 3 heterocycles. The van der Waals surface area contributed by atoms with E-state index in [0.717, 1.165) is 85.2 Å². The highest BCUT2D eigenvalue weighted by molar-refractivity contribution is 6.02. The summed E-state index contributed by atoms with van der Waals surface area (Å²) in [5.74, 6) is 1.13. The minimum atomic E-state index is -0.467. The molecule has 10 heteroatoms. The van der Waals surface area contributed by atoms with Crippen molar-refractivity contribution in [3.05, 3.63) is 66.7 Å². The zero-order valence-corrected chi connectivity index (χ0v) is 26.4. The fraction of sp³-hybridized carbons (Fsp3) is 0.412. The molecular weight excluding hydrogens is 552 g/mol. The number of amides is 1. The summed E-state index contributed by atoms with van der Waals surface area (Å²) in [4.78, 5) is 25.1. The number of para-hydroxylation sites is 2. The Kier molecular flexibility index (Phi) is 11.3. The number of pyridine rings is 2. The maximum absolute atomic E-state index is 11.5. The lowest BCUT2D eigenvalue weighted by Gasteiger charge is -2.19. The Bertz CT molecular complexity index is 1680. The standard InChI is InChI=1S/C18H26N4O2.C16H20N4/c1-18(2,3)24-17(23)21-11-7-6-10-20-16-13-8-4-5-9-15(13)22-12-14(16)19;1-2-15-19-14-11-18-13-8-4-3-7-12(13)16(14)20(15)10-6-5-9-17/h4-5,8-9,12H,6-7,10-11,19H2,1-3H3,(H,20,22)(H,21,23);3-4,7-8,11H,2,5-6,9-10,17H2,1H3. The smallest absolute Gasteiger partial charge is 0.407 e. The molecule has 0 aliphatic heterocycles. The minimum absolute atomic E-state index is 0.375. The van der Waals surface area contributed by atoms with Gasteiger partial charge in [0.25, 0.3) is 0 Å². The van der Waals surface area contributed by atoms with Crippen LogP contribution >= 0.6 is 0 Å². The van der Waals surface area contributed by atoms with E-state index in [1.807, 2.05) is 57.3 Å². The van der Waals surface area contributed by atoms with Crippen LogP contribution in [0.5, 0.6) is 0 Å². The maximum Gasteiger partial charge on any atom is 0.407 e. The number of carbonyl (C=O) groups is 1. The Morgan fingerprint density at radius 2 is 1.55 bits per heavy atom. The van der Waals surface area contributed by atoms with Crippen LogP contribution in [0.2, 0.25) is 0 Å². The fourth-order valence-corrected chi connectivity index (χ4v) is 5.06. The fourth-order valence-electron chi connectivity index (χ4n) is 5.06. The monoisotopic (exact) mass is 598 g/mol. The number of fused-ring (bicyclic) bond motifs is 4. The number of nitrogens with one attached hydrogen (secondary N) is 2. The third-order valence-corrected chi connectivity index (χ3v) is 7.09. The van der Waals surface area contributed by atoms with Gasteiger partial charge >= 0.3 is 6.09 Å². The molecule has 234 valence electrons. The molecule has 1 amide bonds. The highest BCUT2D eigenvalue weighted by atomic mass is 16.6. The van der Waals surface area contributed by atoms with Crippen LogP contribution in [0.1, 0.15) is 59.2 Å². The molecule has 0 saturated carbocycles. The van der Waals surface area contributed by atoms with Crippen LogP contribution < -0.4 is 22.1 Å². The first-order valence-electron chi connectivity index (χ1n) is 15.5. The first-order chi connectivity index (χ1) is 21.2. The van der Waals surface area contributed by atoms with Crippen LogP contribution in [0.3, 0.4) is 0 Å². The predicted octanol–water partition coefficient (Wildman–Crippen LogP) is 6.42. The van der Waals surface area contributed by atoms with Crippen molar-refractivity contribution >= 4 is 50.3 Å². The second-order valence-corrected chi connectivity index (χ2v) is 11.7. The Morgan fingerprint density at radius 3 is 2.25 bits per heavy atom. The van der Waals surface area contributed by atoms with E-state index in [4.69, 9.17) is 21.2 Å². The number of nitrogens with zero attached hydrogens (tertiary/aromatic N) is 4. The molecule has 0 radical (unpaired) electrons. The summed E-state index contributed by atoms with van der Waals surface area (Å²) < 4.78 is 7.53. The number of hydrogen-bond acceptors (Lipinski definition) is 8. The van der Waals surface area contributed by atoms with Gasteiger partial charge in [0.2, 0.25) is 0 Å². The number of aryl methyl sites for hydroxylation is 2. The predicted molar refractivity (Wildman–Crippen MR) is 181 cm³/mol. The van der Waals surface area contributed by atoms with E-state index in [-0.39, 0.29) is 6.09 Å². The average molecular weight is 599 g/mol. The van der Waals surface area contributed by atoms with Crippen LogP contribution in [0.4, 0.5) is 16.2 Å². The molecule has 0 aliphatic rings. The van der Waals surface area contributed by atoms with Crippen molar-refractivity contribution in [2.45, 2.75) is 71.9 Å². The number of nitrogens with two attached hydrogens (primary N) is 2. The summed E-state index contributed by atoms with van der Waals surface area (Å²) in [5.41, 5.74) is 16.9. The number of benzene rings is 2. The van der Waals surface area contributed by atoms with E-state index in [9.17, 15) is 4.79 Å². The third kappa shape index (κ3) is 8.57. The first kappa shape index (κ1) is 32.5. The van der Waals surface area contributed by atoms with Crippen molar-refractivity contribution in [1.29, 1.82) is 0 Å². The number of carbonyl (C=O) groups excluding carboxylic acids is 1. The van der Waals surface area contributed by atoms with Crippen molar-refractivity contribution in [2.24, 2.45) is 5.73 Å². The van der Waals surface area contributed by atoms with Gasteiger partial charge in [-0.1, -0.05) is 43.3 Å². The number of ether oxygens (including phenoxy) is 1. The Balaban J connectivity index is 0.000000204. The number of hydrogen-bond donors (Lipinski definition) is 4. The molecule has 5 rings (SSSR count). The summed E-state index contributed by atoms with van der Waals surface area (Å²) in [6.45, 7) is 10.8. The number of aromatic nitrogens is 4. The number of nitrogen functional groups attached to an aromatic ring is 1. The molecule has 3 aromatic heterocycles. The summed E-state index contributed by atoms with van der Waals surface area (Å²) in [6, 6.07) is 16.2. The summed E-state index contributed by atoms with van der Waals surface area (Å²) in [5, 5.41) is 8.33. The molecule has 0 atom stereocenters. The van der Waals surface area contributed by atoms with Crippen LogP contribution in [0.15, 0.2) is 60.9 Å². The zero-order chi connectivity index (χ0) is 31.5. The Labute approximate surface area is 259 Å². The Hall–Kier alpha value is -4.44. The zero-order valence-electron chi connectivity index (χ0n) is 26.4. The van der Waals surface area contributed by atoms with Crippen LogP contribution in [-0.2, 0) is 17.7 Å². The molecule has 5 aromatic rings. The maximum atomic E-state index is 11.5. The van der Waals surface area contributed by atoms with E-state index >= 15 is 0 Å². The summed E-state index contributed by atoms with van der Waals surface area (Å²) >= 11 is 0. The molecule has 10 nitrogen and oxygen atoms in total. The number of imidazole rings is 1. The van der Waals surface area contributed by atoms with E-state index < -0.39 is 5.60 Å². The van der Waals surface area contributed by atoms with Gasteiger partial charge in [0, 0.05) is 36.8 Å². The van der Waals surface area contributed by atoms with Gasteiger partial charge in [0.1, 0.15) is 16.9 Å². The van der Waals surface area contributed by atoms with Gasteiger partial charge in [-0.15, -0.1) is 0 Å². The van der Waals surface area contributed by atoms with Crippen LogP contribution in [-0.4, -0.2) is 50.8 Å². The molecule has 0 fully saturated rings. The molecule has 2 aromatic carbocycles. The quantitative estimate of drug-likeness (QED) is 0.127. The number of alkyl carbamates (subject to hydrolysis) is 1. The van der Waals surface area contributed by atoms with E-state index in [2.05, 4.69) is 50.3 Å². The van der Waals surface area contributed by atoms with Gasteiger partial charge in [0.15, 0.2) is 0 Å². The summed E-state index contributed by atoms with van der Waals surface area (Å²) in [6.07, 6.45) is 8.02. The van der Waals surface area contributed by atoms with Gasteiger partial charge in [0.05, 0.1) is 40.3 Å². The lowest BCUT2D eigenvalue weighted by atomic mass is 10.1. The SMILES string of the molecule is CC(C)(C)OC(=O)NCCCCNc1c(N)cnc2ccccc12.CCc1nc2cnc3ccccc3c2n1CCCCN. The normalized spacial score (nSPS) is 11.4. The highest BCUT2D eigenvalue weighted by Crippen LogP contribution is 2.28. The Morgan fingerprint density at radius 1 is 0.886 bits per heavy atom. The van der Waals surface area contributed by atoms with Crippen molar-refractivity contribution in [2.75, 3.05) is 30.7 Å². The van der Waals surface area contributed by atoms with E-state index in [1.165, 1.54) is 10.9 Å². The lowest BCUT2D eigenvalue weighted by Crippen LogP contribution is -2.33. The number of unbranched alkanes of at least 4 members (excludes halogenated alkanes) is 2. The van der Waals surface area contributed by atoms with Crippen molar-refractivity contribution < 1.29 is 9.53 Å². The lowest BCUT2D eigenvalue weighted by molar-refractivity contribution is 0.0527. The van der Waals surface area contributed by atoms with E-state index in [1.54, 1.807) is 6.20 Å².